The maximum Gasteiger partial charge on any atom is 0.338 e. The Bertz CT molecular complexity index is 144. The first kappa shape index (κ1) is 9.32. The quantitative estimate of drug-likeness (QED) is 0.628. The molecule has 0 unspecified atom stereocenters. The van der Waals surface area contributed by atoms with Crippen LogP contribution in [0.2, 0.25) is 0 Å². The van der Waals surface area contributed by atoms with Gasteiger partial charge in [0.25, 0.3) is 0 Å². The third kappa shape index (κ3) is 3.09. The summed E-state index contributed by atoms with van der Waals surface area (Å²) >= 11 is 0. The van der Waals surface area contributed by atoms with Crippen LogP contribution in [0, 0.1) is 0 Å². The Kier molecular flexibility index (Phi) is 3.87. The molecule has 0 atom stereocenters. The van der Waals surface area contributed by atoms with E-state index >= 15 is 0 Å². The monoisotopic (exact) mass is 172 g/mol. The second-order valence-corrected chi connectivity index (χ2v) is 2.99. The number of carbonyl (C=O) groups excluding carboxylic acids is 1. The molecular weight excluding hydrogens is 156 g/mol. The maximum atomic E-state index is 10.9. The SMILES string of the molecule is CCNC(=O)NOC1CCCC1. The second kappa shape index (κ2) is 4.98. The highest BCUT2D eigenvalue weighted by atomic mass is 16.7. The molecule has 70 valence electrons. The van der Waals surface area contributed by atoms with Crippen LogP contribution in [0.3, 0.4) is 0 Å². The summed E-state index contributed by atoms with van der Waals surface area (Å²) in [5, 5.41) is 2.59. The van der Waals surface area contributed by atoms with Gasteiger partial charge in [-0.05, 0) is 19.8 Å². The van der Waals surface area contributed by atoms with Crippen molar-refractivity contribution in [2.75, 3.05) is 6.54 Å². The highest BCUT2D eigenvalue weighted by Gasteiger charge is 2.16. The Morgan fingerprint density at radius 1 is 1.50 bits per heavy atom. The van der Waals surface area contributed by atoms with Crippen molar-refractivity contribution in [1.29, 1.82) is 0 Å². The summed E-state index contributed by atoms with van der Waals surface area (Å²) in [6, 6.07) is -0.246. The summed E-state index contributed by atoms with van der Waals surface area (Å²) in [6.07, 6.45) is 4.77. The van der Waals surface area contributed by atoms with E-state index in [1.54, 1.807) is 0 Å². The fourth-order valence-corrected chi connectivity index (χ4v) is 1.34. The molecule has 1 saturated carbocycles. The van der Waals surface area contributed by atoms with Crippen molar-refractivity contribution in [2.45, 2.75) is 38.7 Å². The van der Waals surface area contributed by atoms with Crippen molar-refractivity contribution in [3.8, 4) is 0 Å². The number of amides is 2. The standard InChI is InChI=1S/C8H16N2O2/c1-2-9-8(11)10-12-7-5-3-4-6-7/h7H,2-6H2,1H3,(H2,9,10,11). The molecule has 0 spiro atoms. The zero-order valence-corrected chi connectivity index (χ0v) is 7.43. The van der Waals surface area contributed by atoms with Gasteiger partial charge < -0.3 is 5.32 Å². The van der Waals surface area contributed by atoms with Crippen molar-refractivity contribution >= 4 is 6.03 Å². The molecule has 0 aliphatic heterocycles. The number of hydrogen-bond donors (Lipinski definition) is 2. The van der Waals surface area contributed by atoms with E-state index in [0.717, 1.165) is 12.8 Å². The summed E-state index contributed by atoms with van der Waals surface area (Å²) < 4.78 is 0. The lowest BCUT2D eigenvalue weighted by molar-refractivity contribution is 0.000318. The number of carbonyl (C=O) groups is 1. The number of rotatable bonds is 3. The maximum absolute atomic E-state index is 10.9. The van der Waals surface area contributed by atoms with E-state index in [1.165, 1.54) is 12.8 Å². The fourth-order valence-electron chi connectivity index (χ4n) is 1.34. The minimum atomic E-state index is -0.246. The van der Waals surface area contributed by atoms with Gasteiger partial charge in [-0.25, -0.2) is 10.3 Å². The van der Waals surface area contributed by atoms with Gasteiger partial charge in [0.15, 0.2) is 0 Å². The van der Waals surface area contributed by atoms with E-state index in [2.05, 4.69) is 10.8 Å². The molecule has 0 saturated heterocycles. The van der Waals surface area contributed by atoms with Gasteiger partial charge in [0, 0.05) is 6.54 Å². The average Bonchev–Trinajstić information content (AvgIpc) is 2.53. The minimum Gasteiger partial charge on any atom is -0.337 e. The van der Waals surface area contributed by atoms with Crippen LogP contribution in [0.5, 0.6) is 0 Å². The Morgan fingerprint density at radius 2 is 2.17 bits per heavy atom. The number of hydroxylamine groups is 1. The first-order valence-electron chi connectivity index (χ1n) is 4.52. The van der Waals surface area contributed by atoms with E-state index in [0.29, 0.717) is 6.54 Å². The van der Waals surface area contributed by atoms with Gasteiger partial charge in [-0.15, -0.1) is 0 Å². The lowest BCUT2D eigenvalue weighted by Gasteiger charge is -2.11. The molecule has 12 heavy (non-hydrogen) atoms. The zero-order valence-electron chi connectivity index (χ0n) is 7.43. The highest BCUT2D eigenvalue weighted by molar-refractivity contribution is 5.72. The first-order valence-corrected chi connectivity index (χ1v) is 4.52. The summed E-state index contributed by atoms with van der Waals surface area (Å²) in [5.74, 6) is 0. The van der Waals surface area contributed by atoms with Crippen molar-refractivity contribution in [3.05, 3.63) is 0 Å². The van der Waals surface area contributed by atoms with E-state index in [1.807, 2.05) is 6.92 Å². The van der Waals surface area contributed by atoms with Crippen LogP contribution < -0.4 is 10.8 Å². The third-order valence-corrected chi connectivity index (χ3v) is 1.96. The molecule has 0 bridgehead atoms. The molecule has 0 aromatic rings. The Balaban J connectivity index is 2.03. The van der Waals surface area contributed by atoms with E-state index < -0.39 is 0 Å². The lowest BCUT2D eigenvalue weighted by Crippen LogP contribution is -2.37. The molecule has 2 amide bonds. The van der Waals surface area contributed by atoms with Crippen LogP contribution in [-0.2, 0) is 4.84 Å². The molecule has 0 heterocycles. The van der Waals surface area contributed by atoms with Gasteiger partial charge in [-0.1, -0.05) is 12.8 Å². The Labute approximate surface area is 72.6 Å². The molecule has 0 aromatic heterocycles. The molecule has 2 N–H and O–H groups in total. The van der Waals surface area contributed by atoms with Crippen molar-refractivity contribution in [2.24, 2.45) is 0 Å². The van der Waals surface area contributed by atoms with Gasteiger partial charge in [-0.2, -0.15) is 0 Å². The van der Waals surface area contributed by atoms with Crippen molar-refractivity contribution in [3.63, 3.8) is 0 Å². The van der Waals surface area contributed by atoms with Crippen LogP contribution in [0.15, 0.2) is 0 Å². The van der Waals surface area contributed by atoms with Gasteiger partial charge in [-0.3, -0.25) is 4.84 Å². The van der Waals surface area contributed by atoms with Crippen molar-refractivity contribution < 1.29 is 9.63 Å². The van der Waals surface area contributed by atoms with Gasteiger partial charge in [0.05, 0.1) is 6.10 Å². The predicted octanol–water partition coefficient (Wildman–Crippen LogP) is 1.18. The molecule has 1 aliphatic rings. The number of urea groups is 1. The van der Waals surface area contributed by atoms with Gasteiger partial charge in [0.1, 0.15) is 0 Å². The topological polar surface area (TPSA) is 50.4 Å². The normalized spacial score (nSPS) is 17.8. The number of nitrogens with one attached hydrogen (secondary N) is 2. The first-order chi connectivity index (χ1) is 5.83. The summed E-state index contributed by atoms with van der Waals surface area (Å²) in [6.45, 7) is 2.50. The largest absolute Gasteiger partial charge is 0.338 e. The fraction of sp³-hybridized carbons (Fsp3) is 0.875. The molecular formula is C8H16N2O2. The molecule has 0 radical (unpaired) electrons. The lowest BCUT2D eigenvalue weighted by atomic mass is 10.3. The smallest absolute Gasteiger partial charge is 0.337 e. The van der Waals surface area contributed by atoms with Crippen LogP contribution in [0.4, 0.5) is 4.79 Å². The van der Waals surface area contributed by atoms with E-state index in [-0.39, 0.29) is 12.1 Å². The van der Waals surface area contributed by atoms with Crippen molar-refractivity contribution in [1.82, 2.24) is 10.8 Å². The molecule has 1 aliphatic carbocycles. The minimum absolute atomic E-state index is 0.229. The van der Waals surface area contributed by atoms with Gasteiger partial charge in [0.2, 0.25) is 0 Å². The summed E-state index contributed by atoms with van der Waals surface area (Å²) in [4.78, 5) is 16.0. The molecule has 4 nitrogen and oxygen atoms in total. The molecule has 0 aromatic carbocycles. The molecule has 4 heteroatoms. The summed E-state index contributed by atoms with van der Waals surface area (Å²) in [7, 11) is 0. The second-order valence-electron chi connectivity index (χ2n) is 2.99. The average molecular weight is 172 g/mol. The molecule has 1 rings (SSSR count). The van der Waals surface area contributed by atoms with Crippen LogP contribution in [0.1, 0.15) is 32.6 Å². The Hall–Kier alpha value is -0.770. The van der Waals surface area contributed by atoms with E-state index in [9.17, 15) is 4.79 Å². The van der Waals surface area contributed by atoms with Crippen LogP contribution in [0.25, 0.3) is 0 Å². The highest BCUT2D eigenvalue weighted by Crippen LogP contribution is 2.19. The molecule has 1 fully saturated rings. The van der Waals surface area contributed by atoms with Crippen LogP contribution in [-0.4, -0.2) is 18.7 Å². The van der Waals surface area contributed by atoms with Crippen LogP contribution >= 0.6 is 0 Å². The predicted molar refractivity (Wildman–Crippen MR) is 45.5 cm³/mol. The zero-order chi connectivity index (χ0) is 8.81. The Morgan fingerprint density at radius 3 is 2.75 bits per heavy atom. The van der Waals surface area contributed by atoms with Gasteiger partial charge >= 0.3 is 6.03 Å². The third-order valence-electron chi connectivity index (χ3n) is 1.96. The summed E-state index contributed by atoms with van der Waals surface area (Å²) in [5.41, 5.74) is 2.38. The number of hydrogen-bond acceptors (Lipinski definition) is 2. The van der Waals surface area contributed by atoms with E-state index in [4.69, 9.17) is 4.84 Å².